The molecule has 2 aliphatic heterocycles. The SMILES string of the molecule is O=c1[nH]c2cc(C=C3c4ccccc4COc4cc(F)ccc43)ccc2n1C[C@H]1CCCN1. The Hall–Kier alpha value is -3.64. The minimum atomic E-state index is -0.323. The number of halogens is 1. The maximum atomic E-state index is 13.9. The van der Waals surface area contributed by atoms with E-state index in [9.17, 15) is 9.18 Å². The molecular weight excluding hydrogens is 417 g/mol. The highest BCUT2D eigenvalue weighted by Crippen LogP contribution is 2.38. The minimum Gasteiger partial charge on any atom is -0.488 e. The van der Waals surface area contributed by atoms with Crippen molar-refractivity contribution in [1.82, 2.24) is 14.9 Å². The Kier molecular flexibility index (Phi) is 4.88. The summed E-state index contributed by atoms with van der Waals surface area (Å²) in [5, 5.41) is 3.46. The number of hydrogen-bond donors (Lipinski definition) is 2. The van der Waals surface area contributed by atoms with Crippen LogP contribution in [0.2, 0.25) is 0 Å². The number of nitrogens with one attached hydrogen (secondary N) is 2. The van der Waals surface area contributed by atoms with Gasteiger partial charge in [0.1, 0.15) is 18.2 Å². The molecule has 1 fully saturated rings. The number of ether oxygens (including phenoxy) is 1. The van der Waals surface area contributed by atoms with Gasteiger partial charge in [0.05, 0.1) is 11.0 Å². The van der Waals surface area contributed by atoms with Gasteiger partial charge in [-0.3, -0.25) is 4.57 Å². The van der Waals surface area contributed by atoms with Crippen molar-refractivity contribution in [2.45, 2.75) is 32.0 Å². The van der Waals surface area contributed by atoms with Crippen LogP contribution in [-0.4, -0.2) is 22.1 Å². The molecule has 0 amide bonds. The van der Waals surface area contributed by atoms with Crippen LogP contribution in [0.1, 0.15) is 35.1 Å². The number of rotatable bonds is 3. The van der Waals surface area contributed by atoms with Crippen molar-refractivity contribution in [2.75, 3.05) is 6.54 Å². The fraction of sp³-hybridized carbons (Fsp3) is 0.222. The summed E-state index contributed by atoms with van der Waals surface area (Å²) < 4.78 is 21.7. The van der Waals surface area contributed by atoms with E-state index < -0.39 is 0 Å². The number of hydrogen-bond acceptors (Lipinski definition) is 3. The van der Waals surface area contributed by atoms with Crippen LogP contribution in [0.15, 0.2) is 65.5 Å². The maximum absolute atomic E-state index is 13.9. The zero-order valence-electron chi connectivity index (χ0n) is 18.1. The number of nitrogens with zero attached hydrogens (tertiary/aromatic N) is 1. The second-order valence-corrected chi connectivity index (χ2v) is 8.75. The number of aromatic nitrogens is 2. The van der Waals surface area contributed by atoms with Crippen LogP contribution in [0, 0.1) is 5.82 Å². The number of aromatic amines is 1. The highest BCUT2D eigenvalue weighted by Gasteiger charge is 2.20. The lowest BCUT2D eigenvalue weighted by Gasteiger charge is -2.12. The van der Waals surface area contributed by atoms with Crippen molar-refractivity contribution in [2.24, 2.45) is 0 Å². The quantitative estimate of drug-likeness (QED) is 0.485. The van der Waals surface area contributed by atoms with E-state index in [1.165, 1.54) is 12.1 Å². The molecule has 5 nitrogen and oxygen atoms in total. The number of fused-ring (bicyclic) bond motifs is 3. The number of H-pyrrole nitrogens is 1. The van der Waals surface area contributed by atoms with Crippen molar-refractivity contribution in [3.8, 4) is 5.75 Å². The summed E-state index contributed by atoms with van der Waals surface area (Å²) in [7, 11) is 0. The first-order valence-electron chi connectivity index (χ1n) is 11.3. The molecule has 0 bridgehead atoms. The molecule has 166 valence electrons. The molecule has 2 N–H and O–H groups in total. The fourth-order valence-electron chi connectivity index (χ4n) is 4.95. The van der Waals surface area contributed by atoms with E-state index in [1.807, 2.05) is 41.0 Å². The van der Waals surface area contributed by atoms with Gasteiger partial charge in [-0.2, -0.15) is 0 Å². The molecule has 6 rings (SSSR count). The Labute approximate surface area is 190 Å². The predicted molar refractivity (Wildman–Crippen MR) is 128 cm³/mol. The van der Waals surface area contributed by atoms with Gasteiger partial charge in [0.2, 0.25) is 0 Å². The lowest BCUT2D eigenvalue weighted by molar-refractivity contribution is 0.305. The number of imidazole rings is 1. The molecule has 3 aromatic carbocycles. The van der Waals surface area contributed by atoms with E-state index in [1.54, 1.807) is 6.07 Å². The lowest BCUT2D eigenvalue weighted by atomic mass is 9.92. The van der Waals surface area contributed by atoms with Gasteiger partial charge in [-0.25, -0.2) is 9.18 Å². The Morgan fingerprint density at radius 1 is 1.09 bits per heavy atom. The normalized spacial score (nSPS) is 18.7. The molecule has 1 saturated heterocycles. The van der Waals surface area contributed by atoms with Crippen molar-refractivity contribution in [3.05, 3.63) is 99.2 Å². The average molecular weight is 442 g/mol. The largest absolute Gasteiger partial charge is 0.488 e. The van der Waals surface area contributed by atoms with Gasteiger partial charge >= 0.3 is 5.69 Å². The van der Waals surface area contributed by atoms with E-state index in [2.05, 4.69) is 22.4 Å². The van der Waals surface area contributed by atoms with E-state index in [0.29, 0.717) is 24.9 Å². The first-order valence-corrected chi connectivity index (χ1v) is 11.3. The van der Waals surface area contributed by atoms with Gasteiger partial charge in [-0.1, -0.05) is 30.3 Å². The van der Waals surface area contributed by atoms with Crippen LogP contribution in [0.5, 0.6) is 5.75 Å². The molecule has 0 unspecified atom stereocenters. The Morgan fingerprint density at radius 2 is 2.00 bits per heavy atom. The summed E-state index contributed by atoms with van der Waals surface area (Å²) in [6.45, 7) is 2.06. The zero-order chi connectivity index (χ0) is 22.4. The van der Waals surface area contributed by atoms with E-state index in [0.717, 1.165) is 58.2 Å². The van der Waals surface area contributed by atoms with E-state index in [-0.39, 0.29) is 11.5 Å². The Bertz CT molecular complexity index is 1440. The zero-order valence-corrected chi connectivity index (χ0v) is 18.1. The summed E-state index contributed by atoms with van der Waals surface area (Å²) in [6, 6.07) is 19.1. The van der Waals surface area contributed by atoms with Crippen LogP contribution in [0.3, 0.4) is 0 Å². The van der Waals surface area contributed by atoms with Gasteiger partial charge < -0.3 is 15.0 Å². The summed E-state index contributed by atoms with van der Waals surface area (Å²) >= 11 is 0. The summed E-state index contributed by atoms with van der Waals surface area (Å²) in [4.78, 5) is 15.7. The highest BCUT2D eigenvalue weighted by molar-refractivity contribution is 5.95. The second-order valence-electron chi connectivity index (χ2n) is 8.75. The molecule has 33 heavy (non-hydrogen) atoms. The fourth-order valence-corrected chi connectivity index (χ4v) is 4.95. The molecule has 1 atom stereocenters. The molecule has 0 spiro atoms. The average Bonchev–Trinajstić information content (AvgIpc) is 3.41. The monoisotopic (exact) mass is 441 g/mol. The molecule has 0 radical (unpaired) electrons. The Balaban J connectivity index is 1.46. The maximum Gasteiger partial charge on any atom is 0.326 e. The molecule has 2 aliphatic rings. The summed E-state index contributed by atoms with van der Waals surface area (Å²) in [6.07, 6.45) is 4.32. The first kappa shape index (κ1) is 20.0. The van der Waals surface area contributed by atoms with Gasteiger partial charge in [0, 0.05) is 24.2 Å². The summed E-state index contributed by atoms with van der Waals surface area (Å²) in [5.41, 5.74) is 6.50. The standard InChI is InChI=1S/C27H24FN3O2/c28-19-8-9-22-23(21-6-2-1-4-18(21)16-33-26(22)14-19)12-17-7-10-25-24(13-17)30-27(32)31(25)15-20-5-3-11-29-20/h1-2,4,6-10,12-14,20,29H,3,5,11,15-16H2,(H,30,32)/t20-/m1/s1. The van der Waals surface area contributed by atoms with Crippen molar-refractivity contribution < 1.29 is 9.13 Å². The third-order valence-corrected chi connectivity index (χ3v) is 6.60. The molecule has 0 saturated carbocycles. The topological polar surface area (TPSA) is 59.1 Å². The van der Waals surface area contributed by atoms with Crippen LogP contribution < -0.4 is 15.7 Å². The van der Waals surface area contributed by atoms with E-state index in [4.69, 9.17) is 4.74 Å². The van der Waals surface area contributed by atoms with Gasteiger partial charge in [-0.15, -0.1) is 0 Å². The molecule has 6 heteroatoms. The number of benzene rings is 3. The van der Waals surface area contributed by atoms with Crippen LogP contribution in [-0.2, 0) is 13.2 Å². The smallest absolute Gasteiger partial charge is 0.326 e. The molecule has 0 aliphatic carbocycles. The van der Waals surface area contributed by atoms with Gasteiger partial charge in [0.25, 0.3) is 0 Å². The van der Waals surface area contributed by atoms with Crippen molar-refractivity contribution in [3.63, 3.8) is 0 Å². The van der Waals surface area contributed by atoms with E-state index >= 15 is 0 Å². The molecular formula is C27H24FN3O2. The third kappa shape index (κ3) is 3.66. The van der Waals surface area contributed by atoms with Gasteiger partial charge in [0.15, 0.2) is 0 Å². The third-order valence-electron chi connectivity index (χ3n) is 6.60. The van der Waals surface area contributed by atoms with Crippen LogP contribution in [0.25, 0.3) is 22.7 Å². The lowest BCUT2D eigenvalue weighted by Crippen LogP contribution is -2.31. The highest BCUT2D eigenvalue weighted by atomic mass is 19.1. The van der Waals surface area contributed by atoms with Crippen LogP contribution in [0.4, 0.5) is 4.39 Å². The second kappa shape index (κ2) is 8.05. The Morgan fingerprint density at radius 3 is 2.88 bits per heavy atom. The first-order chi connectivity index (χ1) is 16.2. The molecule has 4 aromatic rings. The van der Waals surface area contributed by atoms with Gasteiger partial charge in [-0.05, 0) is 72.0 Å². The molecule has 1 aromatic heterocycles. The molecule has 3 heterocycles. The van der Waals surface area contributed by atoms with Crippen LogP contribution >= 0.6 is 0 Å². The summed E-state index contributed by atoms with van der Waals surface area (Å²) in [5.74, 6) is 0.207. The predicted octanol–water partition coefficient (Wildman–Crippen LogP) is 4.70. The van der Waals surface area contributed by atoms with Crippen molar-refractivity contribution >= 4 is 22.7 Å². The van der Waals surface area contributed by atoms with Crippen molar-refractivity contribution in [1.29, 1.82) is 0 Å². The minimum absolute atomic E-state index is 0.0856.